The van der Waals surface area contributed by atoms with Crippen molar-refractivity contribution in [2.75, 3.05) is 28.4 Å². The number of benzene rings is 4. The Morgan fingerprint density at radius 2 is 0.839 bits per heavy atom. The summed E-state index contributed by atoms with van der Waals surface area (Å²) in [5.74, 6) is 0.0409. The maximum Gasteiger partial charge on any atom is 0.239 e. The molecule has 2 atom stereocenters. The van der Waals surface area contributed by atoms with E-state index in [1.807, 2.05) is 41.5 Å². The minimum Gasteiger partial charge on any atom is -0.496 e. The molecule has 0 saturated heterocycles. The summed E-state index contributed by atoms with van der Waals surface area (Å²) in [6, 6.07) is 25.9. The van der Waals surface area contributed by atoms with Crippen molar-refractivity contribution in [3.63, 3.8) is 0 Å². The van der Waals surface area contributed by atoms with Gasteiger partial charge in [-0.1, -0.05) is 121 Å². The monoisotopic (exact) mass is 766 g/mol. The molecule has 4 aromatic carbocycles. The lowest BCUT2D eigenvalue weighted by molar-refractivity contribution is -0.189. The fourth-order valence-corrected chi connectivity index (χ4v) is 8.93. The van der Waals surface area contributed by atoms with Gasteiger partial charge in [-0.15, -0.1) is 0 Å². The Morgan fingerprint density at radius 1 is 0.571 bits per heavy atom. The molecule has 10 heteroatoms. The lowest BCUT2D eigenvalue weighted by Gasteiger charge is -2.60. The topological polar surface area (TPSA) is 141 Å². The second-order valence-electron chi connectivity index (χ2n) is 16.9. The van der Waals surface area contributed by atoms with Crippen LogP contribution in [-0.4, -0.2) is 67.5 Å². The van der Waals surface area contributed by atoms with Crippen LogP contribution >= 0.6 is 0 Å². The van der Waals surface area contributed by atoms with Gasteiger partial charge in [0.1, 0.15) is 39.6 Å². The van der Waals surface area contributed by atoms with E-state index in [-0.39, 0.29) is 12.8 Å². The zero-order chi connectivity index (χ0) is 41.3. The van der Waals surface area contributed by atoms with Crippen molar-refractivity contribution in [1.29, 1.82) is 0 Å². The number of rotatable bonds is 14. The third-order valence-corrected chi connectivity index (χ3v) is 11.4. The third-order valence-electron chi connectivity index (χ3n) is 11.4. The molecular formula is C46H58N2O8. The normalized spacial score (nSPS) is 15.5. The number of aliphatic hydroxyl groups is 2. The molecule has 0 aromatic heterocycles. The van der Waals surface area contributed by atoms with Gasteiger partial charge in [-0.25, -0.2) is 0 Å². The molecule has 2 amide bonds. The molecule has 0 aliphatic heterocycles. The molecule has 1 saturated carbocycles. The van der Waals surface area contributed by atoms with Crippen LogP contribution in [0, 0.1) is 16.2 Å². The lowest BCUT2D eigenvalue weighted by atomic mass is 9.61. The molecule has 4 aromatic rings. The molecule has 1 fully saturated rings. The Hall–Kier alpha value is -5.06. The average Bonchev–Trinajstić information content (AvgIpc) is 3.15. The predicted molar refractivity (Wildman–Crippen MR) is 217 cm³/mol. The van der Waals surface area contributed by atoms with E-state index >= 15 is 4.79 Å². The van der Waals surface area contributed by atoms with Gasteiger partial charge in [0.2, 0.25) is 11.8 Å². The Kier molecular flexibility index (Phi) is 11.9. The van der Waals surface area contributed by atoms with Crippen molar-refractivity contribution in [3.05, 3.63) is 119 Å². The number of para-hydroxylation sites is 4. The predicted octanol–water partition coefficient (Wildman–Crippen LogP) is 7.21. The largest absolute Gasteiger partial charge is 0.496 e. The summed E-state index contributed by atoms with van der Waals surface area (Å²) in [4.78, 5) is 31.5. The van der Waals surface area contributed by atoms with E-state index in [0.717, 1.165) is 0 Å². The number of methoxy groups -OCH3 is 4. The molecule has 56 heavy (non-hydrogen) atoms. The van der Waals surface area contributed by atoms with Crippen LogP contribution in [0.5, 0.6) is 23.0 Å². The van der Waals surface area contributed by atoms with E-state index in [1.54, 1.807) is 102 Å². The van der Waals surface area contributed by atoms with Gasteiger partial charge in [-0.05, 0) is 47.9 Å². The second-order valence-corrected chi connectivity index (χ2v) is 16.9. The maximum absolute atomic E-state index is 16.2. The number of hydrogen-bond acceptors (Lipinski definition) is 8. The number of ether oxygens (including phenoxy) is 4. The van der Waals surface area contributed by atoms with Crippen molar-refractivity contribution in [3.8, 4) is 23.0 Å². The minimum absolute atomic E-state index is 0.203. The molecule has 0 radical (unpaired) electrons. The quantitative estimate of drug-likeness (QED) is 0.115. The van der Waals surface area contributed by atoms with Gasteiger partial charge in [0.15, 0.2) is 0 Å². The summed E-state index contributed by atoms with van der Waals surface area (Å²) in [5.41, 5.74) is -0.278. The van der Waals surface area contributed by atoms with Gasteiger partial charge in [-0.2, -0.15) is 0 Å². The zero-order valence-corrected chi connectivity index (χ0v) is 34.4. The van der Waals surface area contributed by atoms with Gasteiger partial charge >= 0.3 is 0 Å². The highest BCUT2D eigenvalue weighted by molar-refractivity contribution is 6.05. The van der Waals surface area contributed by atoms with E-state index in [1.165, 1.54) is 28.4 Å². The summed E-state index contributed by atoms with van der Waals surface area (Å²) in [6.07, 6.45) is 0.999. The van der Waals surface area contributed by atoms with E-state index < -0.39 is 51.3 Å². The van der Waals surface area contributed by atoms with Gasteiger partial charge in [0.05, 0.1) is 40.5 Å². The molecule has 0 heterocycles. The Labute approximate surface area is 331 Å². The highest BCUT2D eigenvalue weighted by Crippen LogP contribution is 2.57. The van der Waals surface area contributed by atoms with Crippen LogP contribution in [-0.2, 0) is 20.8 Å². The van der Waals surface area contributed by atoms with Gasteiger partial charge in [0, 0.05) is 22.3 Å². The second kappa shape index (κ2) is 15.8. The SMILES string of the molecule is COc1ccccc1C(O)(c1ccccc1OC)C(N(C(=O)C1(C(N)=O)CCC1)C(C(C)(C)C)C(O)(c1ccccc1OC)c1ccccc1OC)C(C)(C)C. The first-order valence-electron chi connectivity index (χ1n) is 19.0. The summed E-state index contributed by atoms with van der Waals surface area (Å²) < 4.78 is 23.8. The summed E-state index contributed by atoms with van der Waals surface area (Å²) in [6.45, 7) is 11.6. The molecule has 4 N–H and O–H groups in total. The van der Waals surface area contributed by atoms with Crippen molar-refractivity contribution in [2.45, 2.75) is 84.1 Å². The highest BCUT2D eigenvalue weighted by Gasteiger charge is 2.64. The molecule has 300 valence electrons. The van der Waals surface area contributed by atoms with E-state index in [9.17, 15) is 15.0 Å². The first kappa shape index (κ1) is 42.1. The van der Waals surface area contributed by atoms with Crippen LogP contribution in [0.1, 0.15) is 83.1 Å². The standard InChI is InChI=1S/C46H58N2O8/c1-42(2,3)38(45(51,30-20-11-15-24-34(30)53-7)31-21-12-16-25-35(31)54-8)48(41(50)44(40(47)49)28-19-29-44)39(43(4,5)6)46(52,32-22-13-17-26-36(32)55-9)33-23-14-18-27-37(33)56-10/h11-18,20-27,38-39,51-52H,19,28-29H2,1-10H3,(H2,47,49). The maximum atomic E-state index is 16.2. The summed E-state index contributed by atoms with van der Waals surface area (Å²) >= 11 is 0. The van der Waals surface area contributed by atoms with Crippen molar-refractivity contribution in [2.24, 2.45) is 22.0 Å². The number of carbonyl (C=O) groups is 2. The van der Waals surface area contributed by atoms with Crippen molar-refractivity contribution < 1.29 is 38.7 Å². The van der Waals surface area contributed by atoms with Crippen molar-refractivity contribution in [1.82, 2.24) is 4.90 Å². The van der Waals surface area contributed by atoms with E-state index in [2.05, 4.69) is 0 Å². The molecular weight excluding hydrogens is 709 g/mol. The number of nitrogens with zero attached hydrogens (tertiary/aromatic N) is 1. The third kappa shape index (κ3) is 6.98. The minimum atomic E-state index is -2.12. The molecule has 5 rings (SSSR count). The van der Waals surface area contributed by atoms with Crippen LogP contribution in [0.4, 0.5) is 0 Å². The van der Waals surface area contributed by atoms with Gasteiger partial charge < -0.3 is 39.8 Å². The summed E-state index contributed by atoms with van der Waals surface area (Å²) in [7, 11) is 6.08. The zero-order valence-electron chi connectivity index (χ0n) is 34.4. The molecule has 1 aliphatic carbocycles. The first-order valence-corrected chi connectivity index (χ1v) is 19.0. The average molecular weight is 767 g/mol. The summed E-state index contributed by atoms with van der Waals surface area (Å²) in [5, 5.41) is 28.4. The van der Waals surface area contributed by atoms with Crippen LogP contribution in [0.3, 0.4) is 0 Å². The molecule has 1 aliphatic rings. The number of nitrogens with two attached hydrogens (primary N) is 1. The lowest BCUT2D eigenvalue weighted by Crippen LogP contribution is -2.72. The van der Waals surface area contributed by atoms with Crippen LogP contribution in [0.25, 0.3) is 0 Å². The molecule has 10 nitrogen and oxygen atoms in total. The fraction of sp³-hybridized carbons (Fsp3) is 0.435. The Bertz CT molecular complexity index is 1810. The van der Waals surface area contributed by atoms with Crippen LogP contribution < -0.4 is 24.7 Å². The smallest absolute Gasteiger partial charge is 0.239 e. The van der Waals surface area contributed by atoms with Crippen molar-refractivity contribution >= 4 is 11.8 Å². The number of amides is 2. The van der Waals surface area contributed by atoms with Gasteiger partial charge in [-0.3, -0.25) is 9.59 Å². The van der Waals surface area contributed by atoms with Gasteiger partial charge in [0.25, 0.3) is 0 Å². The van der Waals surface area contributed by atoms with Crippen LogP contribution in [0.2, 0.25) is 0 Å². The molecule has 0 spiro atoms. The number of carbonyl (C=O) groups excluding carboxylic acids is 2. The van der Waals surface area contributed by atoms with Crippen LogP contribution in [0.15, 0.2) is 97.1 Å². The highest BCUT2D eigenvalue weighted by atomic mass is 16.5. The molecule has 0 bridgehead atoms. The van der Waals surface area contributed by atoms with E-state index in [0.29, 0.717) is 51.7 Å². The molecule has 2 unspecified atom stereocenters. The number of hydrogen-bond donors (Lipinski definition) is 3. The Morgan fingerprint density at radius 3 is 1.04 bits per heavy atom. The first-order chi connectivity index (χ1) is 26.4. The number of primary amides is 1. The Balaban J connectivity index is 2.08. The van der Waals surface area contributed by atoms with E-state index in [4.69, 9.17) is 24.7 Å². The fourth-order valence-electron chi connectivity index (χ4n) is 8.93.